The van der Waals surface area contributed by atoms with E-state index in [9.17, 15) is 0 Å². The molecule has 0 spiro atoms. The molecule has 0 bridgehead atoms. The molecule has 1 aliphatic rings. The fourth-order valence-electron chi connectivity index (χ4n) is 6.66. The van der Waals surface area contributed by atoms with E-state index < -0.39 is 0 Å². The van der Waals surface area contributed by atoms with E-state index >= 15 is 0 Å². The molecule has 0 saturated heterocycles. The Morgan fingerprint density at radius 1 is 0.559 bits per heavy atom. The van der Waals surface area contributed by atoms with Crippen molar-refractivity contribution >= 4 is 21.5 Å². The molecule has 0 heteroatoms. The van der Waals surface area contributed by atoms with Crippen LogP contribution in [-0.4, -0.2) is 0 Å². The second-order valence-corrected chi connectivity index (χ2v) is 10.1. The first-order valence-corrected chi connectivity index (χ1v) is 12.8. The van der Waals surface area contributed by atoms with E-state index in [1.54, 1.807) is 11.1 Å². The number of rotatable bonds is 5. The van der Waals surface area contributed by atoms with Gasteiger partial charge in [0.15, 0.2) is 0 Å². The Morgan fingerprint density at radius 3 is 2.00 bits per heavy atom. The lowest BCUT2D eigenvalue weighted by Crippen LogP contribution is -2.25. The summed E-state index contributed by atoms with van der Waals surface area (Å²) in [6, 6.07) is 34.4. The third-order valence-corrected chi connectivity index (χ3v) is 7.95. The maximum absolute atomic E-state index is 2.57. The van der Waals surface area contributed by atoms with Crippen molar-refractivity contribution in [3.8, 4) is 22.3 Å². The van der Waals surface area contributed by atoms with Crippen LogP contribution >= 0.6 is 0 Å². The molecule has 5 aromatic carbocycles. The zero-order valence-corrected chi connectivity index (χ0v) is 20.5. The number of fused-ring (bicyclic) bond motifs is 6. The van der Waals surface area contributed by atoms with Gasteiger partial charge in [-0.3, -0.25) is 0 Å². The topological polar surface area (TPSA) is 0 Å². The summed E-state index contributed by atoms with van der Waals surface area (Å²) < 4.78 is 0. The standard InChI is InChI=1S/C34H32/c1-4-19-34(20-5-2)31-21-23(3)17-18-29(31)33-28-15-9-8-14-27(28)30(22-32(33)34)26-16-10-12-24-11-6-7-13-25(24)26/h6-18,21-22H,4-5,19-20H2,1-3H3. The van der Waals surface area contributed by atoms with Crippen LogP contribution in [0.2, 0.25) is 0 Å². The third kappa shape index (κ3) is 2.98. The van der Waals surface area contributed by atoms with Gasteiger partial charge in [0.1, 0.15) is 0 Å². The second kappa shape index (κ2) is 8.13. The molecule has 0 aromatic heterocycles. The molecule has 0 unspecified atom stereocenters. The van der Waals surface area contributed by atoms with Gasteiger partial charge in [0, 0.05) is 5.41 Å². The van der Waals surface area contributed by atoms with E-state index in [4.69, 9.17) is 0 Å². The van der Waals surface area contributed by atoms with Crippen LogP contribution in [0.15, 0.2) is 91.0 Å². The van der Waals surface area contributed by atoms with Gasteiger partial charge in [-0.05, 0) is 80.8 Å². The van der Waals surface area contributed by atoms with Crippen molar-refractivity contribution in [2.24, 2.45) is 0 Å². The van der Waals surface area contributed by atoms with Crippen LogP contribution in [0.5, 0.6) is 0 Å². The van der Waals surface area contributed by atoms with E-state index in [1.165, 1.54) is 75.0 Å². The maximum Gasteiger partial charge on any atom is 0.0215 e. The van der Waals surface area contributed by atoms with Crippen LogP contribution in [0, 0.1) is 6.92 Å². The van der Waals surface area contributed by atoms with Crippen molar-refractivity contribution in [3.05, 3.63) is 108 Å². The van der Waals surface area contributed by atoms with Crippen LogP contribution in [0.25, 0.3) is 43.8 Å². The van der Waals surface area contributed by atoms with E-state index in [0.29, 0.717) is 0 Å². The predicted molar refractivity (Wildman–Crippen MR) is 148 cm³/mol. The van der Waals surface area contributed by atoms with E-state index in [2.05, 4.69) is 112 Å². The molecular weight excluding hydrogens is 408 g/mol. The summed E-state index contributed by atoms with van der Waals surface area (Å²) in [6.07, 6.45) is 4.75. The Kier molecular flexibility index (Phi) is 5.06. The van der Waals surface area contributed by atoms with E-state index in [0.717, 1.165) is 0 Å². The Morgan fingerprint density at radius 2 is 1.24 bits per heavy atom. The molecule has 0 saturated carbocycles. The van der Waals surface area contributed by atoms with Crippen molar-refractivity contribution in [2.75, 3.05) is 0 Å². The monoisotopic (exact) mass is 440 g/mol. The van der Waals surface area contributed by atoms with Gasteiger partial charge < -0.3 is 0 Å². The predicted octanol–water partition coefficient (Wildman–Crippen LogP) is 9.84. The van der Waals surface area contributed by atoms with E-state index in [-0.39, 0.29) is 5.41 Å². The molecule has 5 aromatic rings. The minimum atomic E-state index is 0.0869. The summed E-state index contributed by atoms with van der Waals surface area (Å²) in [7, 11) is 0. The van der Waals surface area contributed by atoms with Crippen LogP contribution in [0.4, 0.5) is 0 Å². The first-order chi connectivity index (χ1) is 16.7. The summed E-state index contributed by atoms with van der Waals surface area (Å²) in [5.41, 5.74) is 10.2. The number of hydrogen-bond acceptors (Lipinski definition) is 0. The average molecular weight is 441 g/mol. The smallest absolute Gasteiger partial charge is 0.0215 e. The summed E-state index contributed by atoms with van der Waals surface area (Å²) >= 11 is 0. The summed E-state index contributed by atoms with van der Waals surface area (Å²) in [4.78, 5) is 0. The molecular formula is C34H32. The summed E-state index contributed by atoms with van der Waals surface area (Å²) in [6.45, 7) is 6.93. The Balaban J connectivity index is 1.77. The van der Waals surface area contributed by atoms with Crippen molar-refractivity contribution in [1.29, 1.82) is 0 Å². The SMILES string of the molecule is CCCC1(CCC)c2cc(C)ccc2-c2c1cc(-c1cccc3ccccc13)c1ccccc21. The van der Waals surface area contributed by atoms with Gasteiger partial charge in [-0.25, -0.2) is 0 Å². The van der Waals surface area contributed by atoms with E-state index in [1.807, 2.05) is 0 Å². The largest absolute Gasteiger partial charge is 0.0653 e. The van der Waals surface area contributed by atoms with Crippen molar-refractivity contribution in [3.63, 3.8) is 0 Å². The first kappa shape index (κ1) is 21.2. The molecule has 0 fully saturated rings. The van der Waals surface area contributed by atoms with Gasteiger partial charge in [-0.15, -0.1) is 0 Å². The zero-order valence-electron chi connectivity index (χ0n) is 20.5. The molecule has 0 amide bonds. The first-order valence-electron chi connectivity index (χ1n) is 12.8. The number of hydrogen-bond donors (Lipinski definition) is 0. The zero-order chi connectivity index (χ0) is 23.3. The molecule has 0 nitrogen and oxygen atoms in total. The van der Waals surface area contributed by atoms with Crippen molar-refractivity contribution < 1.29 is 0 Å². The molecule has 0 atom stereocenters. The lowest BCUT2D eigenvalue weighted by molar-refractivity contribution is 0.436. The maximum atomic E-state index is 2.57. The fraction of sp³-hybridized carbons (Fsp3) is 0.235. The van der Waals surface area contributed by atoms with Crippen LogP contribution < -0.4 is 0 Å². The van der Waals surface area contributed by atoms with Gasteiger partial charge in [-0.2, -0.15) is 0 Å². The Bertz CT molecular complexity index is 1520. The highest BCUT2D eigenvalue weighted by atomic mass is 14.5. The normalized spacial score (nSPS) is 13.9. The highest BCUT2D eigenvalue weighted by Crippen LogP contribution is 2.57. The van der Waals surface area contributed by atoms with Crippen molar-refractivity contribution in [1.82, 2.24) is 0 Å². The molecule has 34 heavy (non-hydrogen) atoms. The Labute approximate surface area is 203 Å². The molecule has 0 heterocycles. The van der Waals surface area contributed by atoms with Gasteiger partial charge in [0.25, 0.3) is 0 Å². The van der Waals surface area contributed by atoms with Gasteiger partial charge in [0.05, 0.1) is 0 Å². The molecule has 6 rings (SSSR count). The van der Waals surface area contributed by atoms with Crippen molar-refractivity contribution in [2.45, 2.75) is 51.9 Å². The number of aryl methyl sites for hydroxylation is 1. The van der Waals surface area contributed by atoms with Gasteiger partial charge >= 0.3 is 0 Å². The van der Waals surface area contributed by atoms with Crippen LogP contribution in [-0.2, 0) is 5.41 Å². The molecule has 168 valence electrons. The fourth-order valence-corrected chi connectivity index (χ4v) is 6.66. The second-order valence-electron chi connectivity index (χ2n) is 10.1. The van der Waals surface area contributed by atoms with Gasteiger partial charge in [-0.1, -0.05) is 117 Å². The molecule has 0 radical (unpaired) electrons. The lowest BCUT2D eigenvalue weighted by Gasteiger charge is -2.32. The highest BCUT2D eigenvalue weighted by molar-refractivity contribution is 6.12. The quantitative estimate of drug-likeness (QED) is 0.255. The lowest BCUT2D eigenvalue weighted by atomic mass is 9.70. The molecule has 0 N–H and O–H groups in total. The summed E-state index contributed by atoms with van der Waals surface area (Å²) in [5.74, 6) is 0. The number of benzene rings is 5. The van der Waals surface area contributed by atoms with Crippen LogP contribution in [0.1, 0.15) is 56.2 Å². The molecule has 0 aliphatic heterocycles. The average Bonchev–Trinajstić information content (AvgIpc) is 3.12. The minimum Gasteiger partial charge on any atom is -0.0653 e. The summed E-state index contributed by atoms with van der Waals surface area (Å²) in [5, 5.41) is 5.38. The molecule has 1 aliphatic carbocycles. The third-order valence-electron chi connectivity index (χ3n) is 7.95. The minimum absolute atomic E-state index is 0.0869. The van der Waals surface area contributed by atoms with Gasteiger partial charge in [0.2, 0.25) is 0 Å². The Hall–Kier alpha value is -3.38. The highest BCUT2D eigenvalue weighted by Gasteiger charge is 2.43. The van der Waals surface area contributed by atoms with Crippen LogP contribution in [0.3, 0.4) is 0 Å².